The maximum atomic E-state index is 11.9. The molecule has 1 amide bonds. The standard InChI is InChI=1S/C14H18N2O5/c1-9-4-5-10(8-11(9)16(20)21)12(17)15-7-6-14(2,3)13(18)19/h4-5,8H,6-7H2,1-3H3,(H,15,17)(H,18,19). The summed E-state index contributed by atoms with van der Waals surface area (Å²) in [6.45, 7) is 4.91. The van der Waals surface area contributed by atoms with Crippen LogP contribution in [-0.2, 0) is 4.79 Å². The second-order valence-corrected chi connectivity index (χ2v) is 5.45. The van der Waals surface area contributed by atoms with Gasteiger partial charge in [-0.3, -0.25) is 19.7 Å². The van der Waals surface area contributed by atoms with E-state index in [4.69, 9.17) is 5.11 Å². The fourth-order valence-corrected chi connectivity index (χ4v) is 1.64. The fraction of sp³-hybridized carbons (Fsp3) is 0.429. The molecule has 114 valence electrons. The molecule has 0 bridgehead atoms. The second kappa shape index (κ2) is 6.34. The Labute approximate surface area is 122 Å². The lowest BCUT2D eigenvalue weighted by molar-refractivity contribution is -0.385. The van der Waals surface area contributed by atoms with Crippen molar-refractivity contribution in [2.24, 2.45) is 5.41 Å². The highest BCUT2D eigenvalue weighted by Crippen LogP contribution is 2.21. The minimum atomic E-state index is -0.942. The first-order chi connectivity index (χ1) is 9.65. The molecule has 0 aliphatic heterocycles. The number of nitrogens with zero attached hydrogens (tertiary/aromatic N) is 1. The topological polar surface area (TPSA) is 110 Å². The molecular weight excluding hydrogens is 276 g/mol. The van der Waals surface area contributed by atoms with Crippen molar-refractivity contribution in [1.82, 2.24) is 5.32 Å². The van der Waals surface area contributed by atoms with Crippen LogP contribution in [0.25, 0.3) is 0 Å². The maximum Gasteiger partial charge on any atom is 0.309 e. The van der Waals surface area contributed by atoms with Crippen LogP contribution in [0.15, 0.2) is 18.2 Å². The van der Waals surface area contributed by atoms with Crippen molar-refractivity contribution in [3.63, 3.8) is 0 Å². The van der Waals surface area contributed by atoms with Crippen molar-refractivity contribution in [1.29, 1.82) is 0 Å². The van der Waals surface area contributed by atoms with Crippen LogP contribution in [0.5, 0.6) is 0 Å². The highest BCUT2D eigenvalue weighted by atomic mass is 16.6. The van der Waals surface area contributed by atoms with Gasteiger partial charge in [0.1, 0.15) is 0 Å². The minimum Gasteiger partial charge on any atom is -0.481 e. The van der Waals surface area contributed by atoms with E-state index in [1.165, 1.54) is 18.2 Å². The van der Waals surface area contributed by atoms with Crippen LogP contribution in [0.3, 0.4) is 0 Å². The first-order valence-electron chi connectivity index (χ1n) is 6.42. The van der Waals surface area contributed by atoms with Gasteiger partial charge in [0.2, 0.25) is 0 Å². The lowest BCUT2D eigenvalue weighted by Crippen LogP contribution is -2.32. The molecule has 7 heteroatoms. The first kappa shape index (κ1) is 16.6. The first-order valence-corrected chi connectivity index (χ1v) is 6.42. The summed E-state index contributed by atoms with van der Waals surface area (Å²) in [4.78, 5) is 33.1. The number of amides is 1. The zero-order valence-electron chi connectivity index (χ0n) is 12.2. The van der Waals surface area contributed by atoms with E-state index in [1.54, 1.807) is 20.8 Å². The van der Waals surface area contributed by atoms with Gasteiger partial charge in [0.05, 0.1) is 10.3 Å². The molecule has 0 spiro atoms. The number of carbonyl (C=O) groups is 2. The number of nitro benzene ring substituents is 1. The van der Waals surface area contributed by atoms with Crippen molar-refractivity contribution in [3.8, 4) is 0 Å². The summed E-state index contributed by atoms with van der Waals surface area (Å²) in [7, 11) is 0. The van der Waals surface area contributed by atoms with Crippen LogP contribution in [0.4, 0.5) is 5.69 Å². The Hall–Kier alpha value is -2.44. The number of nitro groups is 1. The summed E-state index contributed by atoms with van der Waals surface area (Å²) < 4.78 is 0. The molecule has 0 unspecified atom stereocenters. The number of carboxylic acids is 1. The summed E-state index contributed by atoms with van der Waals surface area (Å²) in [5, 5.41) is 22.4. The summed E-state index contributed by atoms with van der Waals surface area (Å²) in [5.74, 6) is -1.40. The van der Waals surface area contributed by atoms with E-state index in [-0.39, 0.29) is 24.2 Å². The summed E-state index contributed by atoms with van der Waals surface area (Å²) >= 11 is 0. The van der Waals surface area contributed by atoms with Gasteiger partial charge >= 0.3 is 5.97 Å². The Bertz CT molecular complexity index is 581. The van der Waals surface area contributed by atoms with Crippen molar-refractivity contribution in [2.45, 2.75) is 27.2 Å². The molecule has 0 saturated carbocycles. The molecule has 0 fully saturated rings. The van der Waals surface area contributed by atoms with E-state index in [1.807, 2.05) is 0 Å². The van der Waals surface area contributed by atoms with E-state index < -0.39 is 22.2 Å². The second-order valence-electron chi connectivity index (χ2n) is 5.45. The molecular formula is C14H18N2O5. The molecule has 0 saturated heterocycles. The monoisotopic (exact) mass is 294 g/mol. The van der Waals surface area contributed by atoms with Crippen molar-refractivity contribution in [3.05, 3.63) is 39.4 Å². The van der Waals surface area contributed by atoms with Crippen molar-refractivity contribution >= 4 is 17.6 Å². The number of benzene rings is 1. The average molecular weight is 294 g/mol. The molecule has 0 aliphatic rings. The Balaban J connectivity index is 2.71. The van der Waals surface area contributed by atoms with Crippen LogP contribution in [-0.4, -0.2) is 28.5 Å². The van der Waals surface area contributed by atoms with Crippen LogP contribution in [0.2, 0.25) is 0 Å². The zero-order valence-corrected chi connectivity index (χ0v) is 12.2. The zero-order chi connectivity index (χ0) is 16.2. The lowest BCUT2D eigenvalue weighted by Gasteiger charge is -2.18. The summed E-state index contributed by atoms with van der Waals surface area (Å²) in [6, 6.07) is 4.22. The third kappa shape index (κ3) is 4.27. The van der Waals surface area contributed by atoms with Gasteiger partial charge in [0.25, 0.3) is 11.6 Å². The number of hydrogen-bond acceptors (Lipinski definition) is 4. The van der Waals surface area contributed by atoms with Gasteiger partial charge < -0.3 is 10.4 Å². The minimum absolute atomic E-state index is 0.117. The lowest BCUT2D eigenvalue weighted by atomic mass is 9.90. The van der Waals surface area contributed by atoms with E-state index in [0.717, 1.165) is 0 Å². The molecule has 0 aromatic heterocycles. The van der Waals surface area contributed by atoms with Crippen LogP contribution in [0.1, 0.15) is 36.2 Å². The van der Waals surface area contributed by atoms with Crippen LogP contribution < -0.4 is 5.32 Å². The molecule has 1 aromatic rings. The number of aryl methyl sites for hydroxylation is 1. The number of aliphatic carboxylic acids is 1. The highest BCUT2D eigenvalue weighted by molar-refractivity contribution is 5.95. The van der Waals surface area contributed by atoms with Gasteiger partial charge in [-0.15, -0.1) is 0 Å². The fourth-order valence-electron chi connectivity index (χ4n) is 1.64. The third-order valence-electron chi connectivity index (χ3n) is 3.28. The van der Waals surface area contributed by atoms with E-state index in [0.29, 0.717) is 5.56 Å². The smallest absolute Gasteiger partial charge is 0.309 e. The number of carbonyl (C=O) groups excluding carboxylic acids is 1. The predicted molar refractivity (Wildman–Crippen MR) is 76.2 cm³/mol. The third-order valence-corrected chi connectivity index (χ3v) is 3.28. The van der Waals surface area contributed by atoms with Crippen LogP contribution in [0, 0.1) is 22.5 Å². The largest absolute Gasteiger partial charge is 0.481 e. The molecule has 7 nitrogen and oxygen atoms in total. The van der Waals surface area contributed by atoms with Crippen LogP contribution >= 0.6 is 0 Å². The molecule has 21 heavy (non-hydrogen) atoms. The van der Waals surface area contributed by atoms with Gasteiger partial charge in [-0.1, -0.05) is 6.07 Å². The summed E-state index contributed by atoms with van der Waals surface area (Å²) in [6.07, 6.45) is 0.266. The SMILES string of the molecule is Cc1ccc(C(=O)NCCC(C)(C)C(=O)O)cc1[N+](=O)[O-]. The van der Waals surface area contributed by atoms with E-state index >= 15 is 0 Å². The molecule has 0 heterocycles. The van der Waals surface area contributed by atoms with Crippen molar-refractivity contribution in [2.75, 3.05) is 6.54 Å². The maximum absolute atomic E-state index is 11.9. The van der Waals surface area contributed by atoms with E-state index in [9.17, 15) is 19.7 Å². The number of rotatable bonds is 6. The Morgan fingerprint density at radius 1 is 1.38 bits per heavy atom. The highest BCUT2D eigenvalue weighted by Gasteiger charge is 2.26. The number of carboxylic acid groups (broad SMARTS) is 1. The van der Waals surface area contributed by atoms with Gasteiger partial charge in [-0.05, 0) is 33.3 Å². The average Bonchev–Trinajstić information content (AvgIpc) is 2.38. The number of hydrogen-bond donors (Lipinski definition) is 2. The number of nitrogens with one attached hydrogen (secondary N) is 1. The Morgan fingerprint density at radius 3 is 2.52 bits per heavy atom. The van der Waals surface area contributed by atoms with E-state index in [2.05, 4.69) is 5.32 Å². The van der Waals surface area contributed by atoms with Gasteiger partial charge in [0.15, 0.2) is 0 Å². The molecule has 2 N–H and O–H groups in total. The molecule has 0 atom stereocenters. The predicted octanol–water partition coefficient (Wildman–Crippen LogP) is 2.13. The molecule has 0 aliphatic carbocycles. The van der Waals surface area contributed by atoms with Crippen molar-refractivity contribution < 1.29 is 19.6 Å². The van der Waals surface area contributed by atoms with Gasteiger partial charge in [0, 0.05) is 23.7 Å². The molecule has 1 rings (SSSR count). The Kier molecular flexibility index (Phi) is 5.02. The summed E-state index contributed by atoms with van der Waals surface area (Å²) in [5.41, 5.74) is -0.399. The molecule has 1 aromatic carbocycles. The quantitative estimate of drug-likeness (QED) is 0.617. The molecule has 0 radical (unpaired) electrons. The normalized spacial score (nSPS) is 11.0. The van der Waals surface area contributed by atoms with Gasteiger partial charge in [-0.2, -0.15) is 0 Å². The Morgan fingerprint density at radius 2 is 2.00 bits per heavy atom. The van der Waals surface area contributed by atoms with Gasteiger partial charge in [-0.25, -0.2) is 0 Å².